The summed E-state index contributed by atoms with van der Waals surface area (Å²) in [4.78, 5) is 22.7. The molecule has 2 unspecified atom stereocenters. The highest BCUT2D eigenvalue weighted by Crippen LogP contribution is 2.53. The topological polar surface area (TPSA) is 87.9 Å². The minimum atomic E-state index is -0.772. The second-order valence-electron chi connectivity index (χ2n) is 8.10. The molecule has 0 aromatic heterocycles. The van der Waals surface area contributed by atoms with Crippen molar-refractivity contribution in [2.75, 3.05) is 27.9 Å². The van der Waals surface area contributed by atoms with Gasteiger partial charge in [-0.3, -0.25) is 0 Å². The molecule has 3 rings (SSSR count). The molecule has 11 heteroatoms. The molecule has 198 valence electrons. The van der Waals surface area contributed by atoms with Crippen LogP contribution in [0.5, 0.6) is 5.75 Å². The highest BCUT2D eigenvalue weighted by atomic mass is 35.5. The van der Waals surface area contributed by atoms with Crippen LogP contribution in [0.1, 0.15) is 36.1 Å². The molecular formula is C26H27Cl2FN2O6. The fourth-order valence-electron chi connectivity index (χ4n) is 3.46. The maximum Gasteiger partial charge on any atom is 0.341 e. The zero-order valence-corrected chi connectivity index (χ0v) is 22.3. The smallest absolute Gasteiger partial charge is 0.341 e. The van der Waals surface area contributed by atoms with Crippen molar-refractivity contribution in [2.24, 2.45) is 16.2 Å². The van der Waals surface area contributed by atoms with E-state index in [2.05, 4.69) is 10.3 Å². The number of esters is 1. The summed E-state index contributed by atoms with van der Waals surface area (Å²) in [6, 6.07) is 11.4. The minimum absolute atomic E-state index is 0.00859. The lowest BCUT2D eigenvalue weighted by Crippen LogP contribution is -2.10. The van der Waals surface area contributed by atoms with E-state index in [1.807, 2.05) is 0 Å². The fraction of sp³-hybridized carbons (Fsp3) is 0.346. The van der Waals surface area contributed by atoms with E-state index in [4.69, 9.17) is 47.1 Å². The molecule has 0 aliphatic heterocycles. The molecule has 0 heterocycles. The highest BCUT2D eigenvalue weighted by Gasteiger charge is 2.52. The molecule has 0 bridgehead atoms. The molecule has 0 radical (unpaired) electrons. The van der Waals surface area contributed by atoms with Gasteiger partial charge in [-0.1, -0.05) is 34.6 Å². The lowest BCUT2D eigenvalue weighted by molar-refractivity contribution is -0.133. The Bertz CT molecular complexity index is 1200. The van der Waals surface area contributed by atoms with Gasteiger partial charge in [0.1, 0.15) is 40.4 Å². The monoisotopic (exact) mass is 552 g/mol. The SMILES string of the molecule is COC=C(C(=O)OC)c1ccccc1C(C)ON=CC(=NOC)c1ccc(OCC2CC2(Cl)Cl)cc1F. The Labute approximate surface area is 224 Å². The van der Waals surface area contributed by atoms with E-state index in [-0.39, 0.29) is 29.4 Å². The Morgan fingerprint density at radius 2 is 1.92 bits per heavy atom. The van der Waals surface area contributed by atoms with Crippen molar-refractivity contribution in [3.05, 3.63) is 71.2 Å². The number of hydrogen-bond donors (Lipinski definition) is 0. The van der Waals surface area contributed by atoms with Crippen molar-refractivity contribution >= 4 is 46.7 Å². The third-order valence-electron chi connectivity index (χ3n) is 5.54. The van der Waals surface area contributed by atoms with Crippen LogP contribution in [0.4, 0.5) is 4.39 Å². The lowest BCUT2D eigenvalue weighted by Gasteiger charge is -2.16. The van der Waals surface area contributed by atoms with Gasteiger partial charge in [-0.05, 0) is 31.0 Å². The van der Waals surface area contributed by atoms with Crippen molar-refractivity contribution in [2.45, 2.75) is 23.8 Å². The average molecular weight is 553 g/mol. The quantitative estimate of drug-likeness (QED) is 0.0841. The number of carbonyl (C=O) groups excluding carboxylic acids is 1. The molecule has 0 N–H and O–H groups in total. The zero-order valence-electron chi connectivity index (χ0n) is 20.7. The van der Waals surface area contributed by atoms with Gasteiger partial charge in [-0.15, -0.1) is 23.2 Å². The van der Waals surface area contributed by atoms with Crippen molar-refractivity contribution in [1.29, 1.82) is 0 Å². The molecule has 1 saturated carbocycles. The maximum absolute atomic E-state index is 14.9. The largest absolute Gasteiger partial charge is 0.503 e. The van der Waals surface area contributed by atoms with Crippen LogP contribution >= 0.6 is 23.2 Å². The van der Waals surface area contributed by atoms with Crippen molar-refractivity contribution < 1.29 is 33.1 Å². The molecule has 37 heavy (non-hydrogen) atoms. The maximum atomic E-state index is 14.9. The van der Waals surface area contributed by atoms with Gasteiger partial charge >= 0.3 is 5.97 Å². The van der Waals surface area contributed by atoms with Crippen molar-refractivity contribution in [3.63, 3.8) is 0 Å². The summed E-state index contributed by atoms with van der Waals surface area (Å²) in [5.41, 5.74) is 1.64. The number of oxime groups is 2. The van der Waals surface area contributed by atoms with Gasteiger partial charge in [0, 0.05) is 23.1 Å². The van der Waals surface area contributed by atoms with E-state index in [1.54, 1.807) is 37.3 Å². The van der Waals surface area contributed by atoms with Crippen LogP contribution in [0.3, 0.4) is 0 Å². The summed E-state index contributed by atoms with van der Waals surface area (Å²) in [5.74, 6) is -0.819. The third kappa shape index (κ3) is 7.36. The Kier molecular flexibility index (Phi) is 9.77. The van der Waals surface area contributed by atoms with Gasteiger partial charge < -0.3 is 23.9 Å². The van der Waals surface area contributed by atoms with Crippen LogP contribution in [-0.4, -0.2) is 50.2 Å². The number of methoxy groups -OCH3 is 2. The Morgan fingerprint density at radius 3 is 2.54 bits per heavy atom. The van der Waals surface area contributed by atoms with Gasteiger partial charge in [0.05, 0.1) is 33.3 Å². The summed E-state index contributed by atoms with van der Waals surface area (Å²) in [6.45, 7) is 2.03. The fourth-order valence-corrected chi connectivity index (χ4v) is 3.95. The molecular weight excluding hydrogens is 526 g/mol. The van der Waals surface area contributed by atoms with Crippen LogP contribution in [0.15, 0.2) is 59.0 Å². The molecule has 2 aromatic carbocycles. The molecule has 0 amide bonds. The number of benzene rings is 2. The summed E-state index contributed by atoms with van der Waals surface area (Å²) in [6.07, 6.45) is 2.56. The first-order chi connectivity index (χ1) is 17.7. The van der Waals surface area contributed by atoms with E-state index < -0.39 is 22.2 Å². The van der Waals surface area contributed by atoms with E-state index in [1.165, 1.54) is 45.9 Å². The number of hydrogen-bond acceptors (Lipinski definition) is 8. The summed E-state index contributed by atoms with van der Waals surface area (Å²) >= 11 is 12.0. The summed E-state index contributed by atoms with van der Waals surface area (Å²) in [5, 5.41) is 7.82. The lowest BCUT2D eigenvalue weighted by atomic mass is 9.97. The first-order valence-corrected chi connectivity index (χ1v) is 12.0. The van der Waals surface area contributed by atoms with E-state index in [0.29, 0.717) is 23.3 Å². The second kappa shape index (κ2) is 12.8. The molecule has 0 saturated heterocycles. The third-order valence-corrected chi connectivity index (χ3v) is 6.46. The van der Waals surface area contributed by atoms with Crippen LogP contribution in [-0.2, 0) is 23.9 Å². The van der Waals surface area contributed by atoms with Crippen LogP contribution in [0.2, 0.25) is 0 Å². The van der Waals surface area contributed by atoms with Gasteiger partial charge in [-0.25, -0.2) is 9.18 Å². The molecule has 1 aliphatic rings. The normalized spacial score (nSPS) is 17.8. The van der Waals surface area contributed by atoms with Crippen LogP contribution < -0.4 is 4.74 Å². The molecule has 2 aromatic rings. The summed E-state index contributed by atoms with van der Waals surface area (Å²) in [7, 11) is 4.05. The molecule has 2 atom stereocenters. The predicted octanol–water partition coefficient (Wildman–Crippen LogP) is 5.67. The predicted molar refractivity (Wildman–Crippen MR) is 139 cm³/mol. The number of halogens is 3. The molecule has 1 aliphatic carbocycles. The number of carbonyl (C=O) groups is 1. The standard InChI is InChI=1S/C26H27Cl2FN2O6/c1-16(19-7-5-6-8-20(19)22(15-33-2)25(32)34-3)37-30-13-24(31-35-4)21-10-9-18(11-23(21)29)36-14-17-12-26(17,27)28/h5-11,13,15-17H,12,14H2,1-4H3. The first-order valence-electron chi connectivity index (χ1n) is 11.2. The Hall–Kier alpha value is -3.30. The van der Waals surface area contributed by atoms with Crippen molar-refractivity contribution in [3.8, 4) is 5.75 Å². The number of alkyl halides is 2. The van der Waals surface area contributed by atoms with E-state index in [0.717, 1.165) is 0 Å². The van der Waals surface area contributed by atoms with E-state index >= 15 is 0 Å². The number of nitrogens with zero attached hydrogens (tertiary/aromatic N) is 2. The van der Waals surface area contributed by atoms with Gasteiger partial charge in [0.2, 0.25) is 0 Å². The molecule has 8 nitrogen and oxygen atoms in total. The number of ether oxygens (including phenoxy) is 3. The number of rotatable bonds is 12. The minimum Gasteiger partial charge on any atom is -0.503 e. The van der Waals surface area contributed by atoms with Gasteiger partial charge in [0.25, 0.3) is 0 Å². The van der Waals surface area contributed by atoms with Crippen LogP contribution in [0.25, 0.3) is 5.57 Å². The highest BCUT2D eigenvalue weighted by molar-refractivity contribution is 6.50. The molecule has 1 fully saturated rings. The molecule has 0 spiro atoms. The van der Waals surface area contributed by atoms with E-state index in [9.17, 15) is 9.18 Å². The van der Waals surface area contributed by atoms with Crippen molar-refractivity contribution in [1.82, 2.24) is 0 Å². The Balaban J connectivity index is 1.73. The van der Waals surface area contributed by atoms with Gasteiger partial charge in [0.15, 0.2) is 0 Å². The van der Waals surface area contributed by atoms with Gasteiger partial charge in [-0.2, -0.15) is 0 Å². The summed E-state index contributed by atoms with van der Waals surface area (Å²) < 4.78 is 29.6. The first kappa shape index (κ1) is 28.3. The average Bonchev–Trinajstić information content (AvgIpc) is 3.51. The van der Waals surface area contributed by atoms with Crippen LogP contribution in [0, 0.1) is 11.7 Å². The zero-order chi connectivity index (χ0) is 27.0. The Morgan fingerprint density at radius 1 is 1.19 bits per heavy atom. The second-order valence-corrected chi connectivity index (χ2v) is 9.64.